The summed E-state index contributed by atoms with van der Waals surface area (Å²) in [5.41, 5.74) is 6.60. The van der Waals surface area contributed by atoms with E-state index in [2.05, 4.69) is 0 Å². The summed E-state index contributed by atoms with van der Waals surface area (Å²) < 4.78 is 45.0. The number of hydrogen-bond donors (Lipinski definition) is 2. The van der Waals surface area contributed by atoms with Crippen LogP contribution in [0.2, 0.25) is 5.02 Å². The highest BCUT2D eigenvalue weighted by molar-refractivity contribution is 6.31. The zero-order chi connectivity index (χ0) is 19.1. The van der Waals surface area contributed by atoms with Crippen molar-refractivity contribution in [3.8, 4) is 16.9 Å². The average Bonchev–Trinajstić information content (AvgIpc) is 2.59. The van der Waals surface area contributed by atoms with Crippen molar-refractivity contribution in [1.82, 2.24) is 0 Å². The number of carboxylic acids is 1. The van der Waals surface area contributed by atoms with Crippen molar-refractivity contribution in [2.24, 2.45) is 5.73 Å². The van der Waals surface area contributed by atoms with Gasteiger partial charge in [0.25, 0.3) is 0 Å². The fourth-order valence-corrected chi connectivity index (χ4v) is 2.96. The molecule has 3 N–H and O–H groups in total. The predicted molar refractivity (Wildman–Crippen MR) is 90.9 cm³/mol. The van der Waals surface area contributed by atoms with E-state index in [-0.39, 0.29) is 16.3 Å². The molecule has 0 saturated heterocycles. The van der Waals surface area contributed by atoms with Gasteiger partial charge in [-0.1, -0.05) is 35.9 Å². The Bertz CT molecular complexity index is 892. The molecule has 1 aliphatic rings. The number of nitrogens with two attached hydrogens (primary N) is 1. The number of fused-ring (bicyclic) bond motifs is 1. The molecule has 3 rings (SSSR count). The van der Waals surface area contributed by atoms with Crippen molar-refractivity contribution in [1.29, 1.82) is 0 Å². The second-order valence-corrected chi connectivity index (χ2v) is 6.15. The van der Waals surface area contributed by atoms with E-state index in [0.717, 1.165) is 11.6 Å². The molecule has 8 heteroatoms. The molecule has 136 valence electrons. The van der Waals surface area contributed by atoms with Crippen LogP contribution in [0.4, 0.5) is 13.2 Å². The third-order valence-electron chi connectivity index (χ3n) is 3.96. The van der Waals surface area contributed by atoms with Crippen LogP contribution in [0.3, 0.4) is 0 Å². The molecule has 2 aromatic carbocycles. The number of rotatable bonds is 3. The lowest BCUT2D eigenvalue weighted by Gasteiger charge is -2.28. The van der Waals surface area contributed by atoms with Gasteiger partial charge in [0.05, 0.1) is 5.57 Å². The predicted octanol–water partition coefficient (Wildman–Crippen LogP) is 4.26. The summed E-state index contributed by atoms with van der Waals surface area (Å²) in [6.07, 6.45) is -6.48. The monoisotopic (exact) mass is 383 g/mol. The molecule has 0 fully saturated rings. The number of carboxylic acid groups (broad SMARTS) is 1. The Morgan fingerprint density at radius 1 is 1.23 bits per heavy atom. The summed E-state index contributed by atoms with van der Waals surface area (Å²) in [5, 5.41) is 9.36. The molecule has 0 saturated carbocycles. The molecule has 1 atom stereocenters. The number of benzene rings is 2. The van der Waals surface area contributed by atoms with E-state index in [9.17, 15) is 18.0 Å². The van der Waals surface area contributed by atoms with Crippen LogP contribution in [-0.2, 0) is 11.3 Å². The number of alkyl halides is 3. The summed E-state index contributed by atoms with van der Waals surface area (Å²) in [6, 6.07) is 9.71. The van der Waals surface area contributed by atoms with E-state index < -0.39 is 23.8 Å². The SMILES string of the molecule is NCc1ccc(-c2cc(Cl)cc3c2O[C@H](C(F)(F)F)C(C(=O)O)=C3)cc1. The number of aliphatic carboxylic acids is 1. The van der Waals surface area contributed by atoms with E-state index in [1.54, 1.807) is 24.3 Å². The smallest absolute Gasteiger partial charge is 0.430 e. The van der Waals surface area contributed by atoms with Crippen LogP contribution in [0.25, 0.3) is 17.2 Å². The largest absolute Gasteiger partial charge is 0.478 e. The van der Waals surface area contributed by atoms with Gasteiger partial charge in [0.15, 0.2) is 0 Å². The van der Waals surface area contributed by atoms with Crippen LogP contribution in [0.15, 0.2) is 42.0 Å². The third kappa shape index (κ3) is 3.40. The summed E-state index contributed by atoms with van der Waals surface area (Å²) in [4.78, 5) is 11.2. The van der Waals surface area contributed by atoms with Crippen LogP contribution in [0, 0.1) is 0 Å². The van der Waals surface area contributed by atoms with Gasteiger partial charge in [-0.25, -0.2) is 4.79 Å². The highest BCUT2D eigenvalue weighted by Gasteiger charge is 2.48. The lowest BCUT2D eigenvalue weighted by molar-refractivity contribution is -0.187. The molecule has 0 amide bonds. The molecule has 1 heterocycles. The highest BCUT2D eigenvalue weighted by Crippen LogP contribution is 2.44. The Labute approximate surface area is 151 Å². The van der Waals surface area contributed by atoms with Gasteiger partial charge < -0.3 is 15.6 Å². The number of ether oxygens (including phenoxy) is 1. The van der Waals surface area contributed by atoms with E-state index in [1.807, 2.05) is 0 Å². The Kier molecular flexibility index (Phi) is 4.68. The quantitative estimate of drug-likeness (QED) is 0.830. The summed E-state index contributed by atoms with van der Waals surface area (Å²) in [7, 11) is 0. The molecule has 1 aliphatic heterocycles. The zero-order valence-corrected chi connectivity index (χ0v) is 13.9. The van der Waals surface area contributed by atoms with Gasteiger partial charge in [0, 0.05) is 22.7 Å². The second-order valence-electron chi connectivity index (χ2n) is 5.72. The summed E-state index contributed by atoms with van der Waals surface area (Å²) in [6.45, 7) is 0.325. The topological polar surface area (TPSA) is 72.5 Å². The molecule has 26 heavy (non-hydrogen) atoms. The standard InChI is InChI=1S/C18H13ClF3NO3/c19-12-5-11-6-14(17(24)25)16(18(20,21)22)26-15(11)13(7-12)10-3-1-9(8-23)2-4-10/h1-7,16H,8,23H2,(H,24,25)/t16-/m0/s1. The first-order valence-corrected chi connectivity index (χ1v) is 7.89. The van der Waals surface area contributed by atoms with Gasteiger partial charge in [-0.3, -0.25) is 0 Å². The molecule has 0 aliphatic carbocycles. The molecule has 0 spiro atoms. The van der Waals surface area contributed by atoms with Crippen LogP contribution in [0.1, 0.15) is 11.1 Å². The first-order chi connectivity index (χ1) is 12.2. The van der Waals surface area contributed by atoms with Crippen molar-refractivity contribution >= 4 is 23.6 Å². The van der Waals surface area contributed by atoms with Crippen LogP contribution < -0.4 is 10.5 Å². The third-order valence-corrected chi connectivity index (χ3v) is 4.17. The minimum Gasteiger partial charge on any atom is -0.478 e. The van der Waals surface area contributed by atoms with Crippen molar-refractivity contribution in [3.05, 3.63) is 58.1 Å². The minimum absolute atomic E-state index is 0.0674. The lowest BCUT2D eigenvalue weighted by atomic mass is 9.95. The maximum Gasteiger partial charge on any atom is 0.430 e. The van der Waals surface area contributed by atoms with E-state index >= 15 is 0 Å². The summed E-state index contributed by atoms with van der Waals surface area (Å²) in [5.74, 6) is -1.77. The van der Waals surface area contributed by atoms with E-state index in [1.165, 1.54) is 12.1 Å². The molecule has 0 bridgehead atoms. The van der Waals surface area contributed by atoms with Gasteiger partial charge in [0.2, 0.25) is 6.10 Å². The Balaban J connectivity index is 2.18. The number of hydrogen-bond acceptors (Lipinski definition) is 3. The van der Waals surface area contributed by atoms with Gasteiger partial charge in [-0.2, -0.15) is 13.2 Å². The van der Waals surface area contributed by atoms with Crippen molar-refractivity contribution in [2.45, 2.75) is 18.8 Å². The first-order valence-electron chi connectivity index (χ1n) is 7.52. The minimum atomic E-state index is -4.87. The number of halogens is 4. The van der Waals surface area contributed by atoms with Gasteiger partial charge in [0.1, 0.15) is 5.75 Å². The van der Waals surface area contributed by atoms with E-state index in [0.29, 0.717) is 17.7 Å². The van der Waals surface area contributed by atoms with Gasteiger partial charge >= 0.3 is 12.1 Å². The lowest BCUT2D eigenvalue weighted by Crippen LogP contribution is -2.40. The maximum atomic E-state index is 13.3. The van der Waals surface area contributed by atoms with Crippen LogP contribution in [-0.4, -0.2) is 23.4 Å². The molecule has 0 radical (unpaired) electrons. The van der Waals surface area contributed by atoms with Gasteiger partial charge in [-0.05, 0) is 29.3 Å². The Hall–Kier alpha value is -2.51. The van der Waals surface area contributed by atoms with Crippen molar-refractivity contribution in [3.63, 3.8) is 0 Å². The van der Waals surface area contributed by atoms with E-state index in [4.69, 9.17) is 27.2 Å². The van der Waals surface area contributed by atoms with Gasteiger partial charge in [-0.15, -0.1) is 0 Å². The molecule has 4 nitrogen and oxygen atoms in total. The molecule has 0 aromatic heterocycles. The average molecular weight is 384 g/mol. The molecule has 2 aromatic rings. The summed E-state index contributed by atoms with van der Waals surface area (Å²) >= 11 is 6.07. The maximum absolute atomic E-state index is 13.3. The van der Waals surface area contributed by atoms with Crippen LogP contribution in [0.5, 0.6) is 5.75 Å². The fourth-order valence-electron chi connectivity index (χ4n) is 2.73. The van der Waals surface area contributed by atoms with Crippen molar-refractivity contribution < 1.29 is 27.8 Å². The van der Waals surface area contributed by atoms with Crippen LogP contribution >= 0.6 is 11.6 Å². The first kappa shape index (κ1) is 18.3. The highest BCUT2D eigenvalue weighted by atomic mass is 35.5. The normalized spacial score (nSPS) is 16.5. The number of carbonyl (C=O) groups is 1. The van der Waals surface area contributed by atoms with Crippen molar-refractivity contribution in [2.75, 3.05) is 0 Å². The Morgan fingerprint density at radius 3 is 2.42 bits per heavy atom. The Morgan fingerprint density at radius 2 is 1.88 bits per heavy atom. The zero-order valence-electron chi connectivity index (χ0n) is 13.2. The second kappa shape index (κ2) is 6.66. The fraction of sp³-hybridized carbons (Fsp3) is 0.167. The molecular weight excluding hydrogens is 371 g/mol. The molecule has 0 unspecified atom stereocenters. The molecular formula is C18H13ClF3NO3.